The van der Waals surface area contributed by atoms with Crippen LogP contribution in [-0.2, 0) is 0 Å². The molecule has 0 aromatic rings. The number of hydrogen-bond donors (Lipinski definition) is 0. The Balaban J connectivity index is 0. The van der Waals surface area contributed by atoms with Crippen molar-refractivity contribution < 1.29 is 32.9 Å². The first-order valence-electron chi connectivity index (χ1n) is 0. The van der Waals surface area contributed by atoms with E-state index in [0.717, 1.165) is 0 Å². The van der Waals surface area contributed by atoms with Gasteiger partial charge >= 0.3 is 0 Å². The second-order valence-electron chi connectivity index (χ2n) is 0. The molecule has 0 bridgehead atoms. The molecule has 0 rings (SSSR count). The summed E-state index contributed by atoms with van der Waals surface area (Å²) < 4.78 is 0. The lowest BCUT2D eigenvalue weighted by Gasteiger charge is -0.270. The van der Waals surface area contributed by atoms with Crippen LogP contribution in [0.5, 0.6) is 0 Å². The van der Waals surface area contributed by atoms with Crippen LogP contribution in [0, 0.1) is 0 Å². The molecule has 0 heterocycles. The molecule has 0 aliphatic rings. The van der Waals surface area contributed by atoms with Gasteiger partial charge in [0, 0.05) is 8.41 Å². The average molecular weight is 151 g/mol. The molecular formula is H7BF7. The van der Waals surface area contributed by atoms with Crippen molar-refractivity contribution in [2.45, 2.75) is 0 Å². The highest BCUT2D eigenvalue weighted by Gasteiger charge is 0.0000266. The first-order valence-corrected chi connectivity index (χ1v) is 0. The third kappa shape index (κ3) is 646. The highest BCUT2D eigenvalue weighted by molar-refractivity contribution is 5.75. The largest absolute Gasteiger partial charge is 0.269 e. The van der Waals surface area contributed by atoms with E-state index in [2.05, 4.69) is 0 Å². The quantitative estimate of drug-likeness (QED) is 0.352. The monoisotopic (exact) mass is 151 g/mol. The van der Waals surface area contributed by atoms with Crippen LogP contribution in [0.25, 0.3) is 0 Å². The van der Waals surface area contributed by atoms with Gasteiger partial charge in [0.25, 0.3) is 0 Å². The minimum Gasteiger partial charge on any atom is -0.269 e. The van der Waals surface area contributed by atoms with E-state index in [1.165, 1.54) is 0 Å². The van der Waals surface area contributed by atoms with Gasteiger partial charge < -0.3 is 0 Å². The van der Waals surface area contributed by atoms with Gasteiger partial charge in [0.15, 0.2) is 0 Å². The molecule has 0 spiro atoms. The van der Waals surface area contributed by atoms with Crippen LogP contribution in [0.15, 0.2) is 0 Å². The van der Waals surface area contributed by atoms with E-state index >= 15 is 0 Å². The highest BCUT2D eigenvalue weighted by atomic mass is 19.0. The zero-order chi connectivity index (χ0) is 0. The van der Waals surface area contributed by atoms with E-state index in [1.54, 1.807) is 0 Å². The molecular weight excluding hydrogens is 144 g/mol. The Morgan fingerprint density at radius 2 is 0.250 bits per heavy atom. The Kier molecular flexibility index (Phi) is 256000. The normalized spacial score (nSPS) is 0. The maximum Gasteiger partial charge on any atom is 0 e. The Morgan fingerprint density at radius 1 is 0.250 bits per heavy atom. The molecule has 0 aliphatic heterocycles. The fourth-order valence-corrected chi connectivity index (χ4v) is 0. The zero-order valence-corrected chi connectivity index (χ0v) is 3.44. The van der Waals surface area contributed by atoms with Gasteiger partial charge in [0.05, 0.1) is 0 Å². The van der Waals surface area contributed by atoms with Crippen LogP contribution in [0.2, 0.25) is 0 Å². The molecule has 8 heteroatoms. The summed E-state index contributed by atoms with van der Waals surface area (Å²) in [5.41, 5.74) is 0. The second-order valence-corrected chi connectivity index (χ2v) is 0. The van der Waals surface area contributed by atoms with Crippen molar-refractivity contribution in [3.05, 3.63) is 0 Å². The molecule has 59 valence electrons. The lowest BCUT2D eigenvalue weighted by Crippen LogP contribution is -0.381. The fraction of sp³-hybridized carbons (Fsp3) is 0. The van der Waals surface area contributed by atoms with E-state index in [4.69, 9.17) is 0 Å². The Hall–Kier alpha value is -0.425. The Bertz CT molecular complexity index is 4.35. The van der Waals surface area contributed by atoms with Crippen molar-refractivity contribution in [1.82, 2.24) is 0 Å². The first-order chi connectivity index (χ1) is 0. The minimum absolute atomic E-state index is 0. The van der Waals surface area contributed by atoms with Gasteiger partial charge in [-0.1, -0.05) is 0 Å². The van der Waals surface area contributed by atoms with Crippen LogP contribution in [-0.4, -0.2) is 8.41 Å². The number of hydrogen-bond acceptors (Lipinski definition) is 0. The van der Waals surface area contributed by atoms with Crippen molar-refractivity contribution in [3.8, 4) is 0 Å². The summed E-state index contributed by atoms with van der Waals surface area (Å²) in [6, 6.07) is 0. The van der Waals surface area contributed by atoms with Crippen LogP contribution < -0.4 is 0 Å². The second kappa shape index (κ2) is 1130. The molecule has 0 aromatic heterocycles. The van der Waals surface area contributed by atoms with Crippen LogP contribution in [0.3, 0.4) is 0 Å². The molecule has 0 N–H and O–H groups in total. The van der Waals surface area contributed by atoms with E-state index in [9.17, 15) is 0 Å². The minimum atomic E-state index is 0. The third-order valence-corrected chi connectivity index (χ3v) is 0. The van der Waals surface area contributed by atoms with Gasteiger partial charge in [-0.2, -0.15) is 0 Å². The predicted octanol–water partition coefficient (Wildman–Crippen LogP) is 0.687. The fourth-order valence-electron chi connectivity index (χ4n) is 0. The zero-order valence-electron chi connectivity index (χ0n) is 3.44. The summed E-state index contributed by atoms with van der Waals surface area (Å²) in [6.07, 6.45) is 0. The molecule has 0 amide bonds. The van der Waals surface area contributed by atoms with Crippen LogP contribution in [0.1, 0.15) is 0 Å². The lowest BCUT2D eigenvalue weighted by molar-refractivity contribution is 1.11. The highest BCUT2D eigenvalue weighted by Crippen LogP contribution is 0.426. The Morgan fingerprint density at radius 3 is 0.250 bits per heavy atom. The molecule has 0 fully saturated rings. The average Bonchev–Trinajstić information content (AvgIpc) is 0. The molecule has 3 radical (unpaired) electrons. The number of rotatable bonds is 0. The third-order valence-electron chi connectivity index (χ3n) is 0. The molecule has 8 heavy (non-hydrogen) atoms. The van der Waals surface area contributed by atoms with Gasteiger partial charge in [-0.15, -0.1) is 0 Å². The maximum absolute atomic E-state index is 0. The topological polar surface area (TPSA) is 0 Å². The Labute approximate surface area is 42.8 Å². The molecule has 0 saturated carbocycles. The SMILES string of the molecule is F.F.F.F.F.F.F.[B]. The molecule has 0 saturated heterocycles. The smallest absolute Gasteiger partial charge is 0 e. The lowest BCUT2D eigenvalue weighted by atomic mass is 10.8. The predicted molar refractivity (Wildman–Crippen MR) is 23.3 cm³/mol. The van der Waals surface area contributed by atoms with E-state index < -0.39 is 0 Å². The molecule has 0 nitrogen and oxygen atoms in total. The molecule has 0 atom stereocenters. The van der Waals surface area contributed by atoms with Crippen molar-refractivity contribution in [2.75, 3.05) is 0 Å². The van der Waals surface area contributed by atoms with Crippen molar-refractivity contribution in [1.29, 1.82) is 0 Å². The van der Waals surface area contributed by atoms with Crippen molar-refractivity contribution >= 4 is 8.41 Å². The summed E-state index contributed by atoms with van der Waals surface area (Å²) in [5, 5.41) is 0. The molecule has 0 aliphatic carbocycles. The van der Waals surface area contributed by atoms with Crippen LogP contribution >= 0.6 is 0 Å². The summed E-state index contributed by atoms with van der Waals surface area (Å²) >= 11 is 0. The maximum atomic E-state index is 0. The standard InChI is InChI=1S/B.7FH/h;7*1H. The van der Waals surface area contributed by atoms with Crippen LogP contribution in [0.4, 0.5) is 32.9 Å². The summed E-state index contributed by atoms with van der Waals surface area (Å²) in [6.45, 7) is 0. The summed E-state index contributed by atoms with van der Waals surface area (Å²) in [4.78, 5) is 0. The summed E-state index contributed by atoms with van der Waals surface area (Å²) in [7, 11) is 0. The van der Waals surface area contributed by atoms with E-state index in [1.807, 2.05) is 0 Å². The van der Waals surface area contributed by atoms with Crippen molar-refractivity contribution in [2.24, 2.45) is 0 Å². The first kappa shape index (κ1) is 1810. The molecule has 0 aromatic carbocycles. The van der Waals surface area contributed by atoms with Crippen molar-refractivity contribution in [3.63, 3.8) is 0 Å². The van der Waals surface area contributed by atoms with Gasteiger partial charge in [-0.3, -0.25) is 32.9 Å². The summed E-state index contributed by atoms with van der Waals surface area (Å²) in [5.74, 6) is 0. The van der Waals surface area contributed by atoms with Gasteiger partial charge in [-0.05, 0) is 0 Å². The van der Waals surface area contributed by atoms with E-state index in [-0.39, 0.29) is 41.3 Å². The van der Waals surface area contributed by atoms with Gasteiger partial charge in [0.2, 0.25) is 0 Å². The van der Waals surface area contributed by atoms with Gasteiger partial charge in [-0.25, -0.2) is 0 Å². The molecule has 0 unspecified atom stereocenters. The number of halogens is 7. The van der Waals surface area contributed by atoms with E-state index in [0.29, 0.717) is 0 Å². The van der Waals surface area contributed by atoms with Gasteiger partial charge in [0.1, 0.15) is 0 Å².